The highest BCUT2D eigenvalue weighted by Gasteiger charge is 2.20. The number of carbonyl (C=O) groups excluding carboxylic acids is 1. The second kappa shape index (κ2) is 5.98. The highest BCUT2D eigenvalue weighted by Crippen LogP contribution is 2.28. The van der Waals surface area contributed by atoms with E-state index in [-0.39, 0.29) is 17.1 Å². The first-order chi connectivity index (χ1) is 9.10. The van der Waals surface area contributed by atoms with Crippen molar-refractivity contribution in [3.05, 3.63) is 16.5 Å². The lowest BCUT2D eigenvalue weighted by Crippen LogP contribution is -2.22. The van der Waals surface area contributed by atoms with Crippen LogP contribution in [0.25, 0.3) is 0 Å². The van der Waals surface area contributed by atoms with Crippen LogP contribution in [0.5, 0.6) is 0 Å². The zero-order chi connectivity index (χ0) is 15.5. The smallest absolute Gasteiger partial charge is 0.394 e. The van der Waals surface area contributed by atoms with Crippen LogP contribution in [0.3, 0.4) is 0 Å². The maximum Gasteiger partial charge on any atom is 0.394 e. The molecule has 11 heteroatoms. The normalized spacial score (nSPS) is 11.1. The minimum Gasteiger partial charge on any atom is -0.478 e. The quantitative estimate of drug-likeness (QED) is 0.534. The molecule has 0 spiro atoms. The Morgan fingerprint density at radius 3 is 2.35 bits per heavy atom. The summed E-state index contributed by atoms with van der Waals surface area (Å²) in [6.45, 7) is -0.160. The SMILES string of the molecule is CS(=O)(=O)NCc1cc(C(=O)O)c(NC(=O)C(=O)O)s1. The number of hydrogen-bond donors (Lipinski definition) is 4. The Bertz CT molecular complexity index is 662. The molecule has 1 rings (SSSR count). The molecule has 9 nitrogen and oxygen atoms in total. The van der Waals surface area contributed by atoms with E-state index in [9.17, 15) is 22.8 Å². The zero-order valence-corrected chi connectivity index (χ0v) is 11.7. The molecule has 0 aliphatic carbocycles. The number of carboxylic acid groups (broad SMARTS) is 2. The highest BCUT2D eigenvalue weighted by molar-refractivity contribution is 7.88. The van der Waals surface area contributed by atoms with Crippen LogP contribution in [0.4, 0.5) is 5.00 Å². The van der Waals surface area contributed by atoms with Crippen molar-refractivity contribution in [3.8, 4) is 0 Å². The van der Waals surface area contributed by atoms with Crippen molar-refractivity contribution in [2.24, 2.45) is 0 Å². The van der Waals surface area contributed by atoms with Gasteiger partial charge in [-0.1, -0.05) is 0 Å². The maximum atomic E-state index is 11.0. The van der Waals surface area contributed by atoms with E-state index in [1.165, 1.54) is 0 Å². The Balaban J connectivity index is 2.99. The number of rotatable bonds is 5. The fraction of sp³-hybridized carbons (Fsp3) is 0.222. The molecule has 0 atom stereocenters. The third kappa shape index (κ3) is 4.60. The number of aromatic carboxylic acids is 1. The van der Waals surface area contributed by atoms with Crippen LogP contribution in [0, 0.1) is 0 Å². The summed E-state index contributed by atoms with van der Waals surface area (Å²) in [4.78, 5) is 32.7. The number of aliphatic carboxylic acids is 1. The van der Waals surface area contributed by atoms with E-state index in [1.54, 1.807) is 0 Å². The van der Waals surface area contributed by atoms with Crippen LogP contribution in [-0.4, -0.2) is 42.7 Å². The van der Waals surface area contributed by atoms with E-state index in [4.69, 9.17) is 10.2 Å². The minimum absolute atomic E-state index is 0.160. The lowest BCUT2D eigenvalue weighted by atomic mass is 10.3. The monoisotopic (exact) mass is 322 g/mol. The largest absolute Gasteiger partial charge is 0.478 e. The van der Waals surface area contributed by atoms with Crippen molar-refractivity contribution >= 4 is 44.2 Å². The average Bonchev–Trinajstić information content (AvgIpc) is 2.68. The van der Waals surface area contributed by atoms with Crippen LogP contribution < -0.4 is 10.0 Å². The Morgan fingerprint density at radius 1 is 1.30 bits per heavy atom. The predicted octanol–water partition coefficient (Wildman–Crippen LogP) is -0.481. The second-order valence-electron chi connectivity index (χ2n) is 3.61. The standard InChI is InChI=1S/C9H10N2O7S2/c1-20(17,18)10-3-4-2-5(8(13)14)7(19-4)11-6(12)9(15)16/h2,10H,3H2,1H3,(H,11,12)(H,13,14)(H,15,16). The fourth-order valence-corrected chi connectivity index (χ4v) is 2.63. The minimum atomic E-state index is -3.45. The van der Waals surface area contributed by atoms with Gasteiger partial charge in [-0.05, 0) is 6.07 Å². The molecule has 1 aromatic rings. The molecule has 0 aliphatic rings. The highest BCUT2D eigenvalue weighted by atomic mass is 32.2. The van der Waals surface area contributed by atoms with Gasteiger partial charge in [0.2, 0.25) is 10.0 Å². The number of thiophene rings is 1. The number of nitrogens with one attached hydrogen (secondary N) is 2. The third-order valence-corrected chi connectivity index (χ3v) is 3.66. The van der Waals surface area contributed by atoms with Gasteiger partial charge in [0.1, 0.15) is 5.00 Å². The first-order valence-corrected chi connectivity index (χ1v) is 7.66. The summed E-state index contributed by atoms with van der Waals surface area (Å²) in [6.07, 6.45) is 0.936. The number of hydrogen-bond acceptors (Lipinski definition) is 6. The van der Waals surface area contributed by atoms with Crippen molar-refractivity contribution in [1.29, 1.82) is 0 Å². The molecular weight excluding hydrogens is 312 g/mol. The molecule has 0 unspecified atom stereocenters. The molecule has 4 N–H and O–H groups in total. The maximum absolute atomic E-state index is 11.0. The molecule has 1 heterocycles. The van der Waals surface area contributed by atoms with Gasteiger partial charge in [-0.3, -0.25) is 4.79 Å². The molecule has 20 heavy (non-hydrogen) atoms. The summed E-state index contributed by atoms with van der Waals surface area (Å²) >= 11 is 0.771. The molecule has 1 amide bonds. The summed E-state index contributed by atoms with van der Waals surface area (Å²) in [6, 6.07) is 1.16. The van der Waals surface area contributed by atoms with Gasteiger partial charge < -0.3 is 15.5 Å². The topological polar surface area (TPSA) is 150 Å². The van der Waals surface area contributed by atoms with Gasteiger partial charge in [-0.15, -0.1) is 11.3 Å². The van der Waals surface area contributed by atoms with E-state index in [0.717, 1.165) is 23.7 Å². The van der Waals surface area contributed by atoms with Gasteiger partial charge >= 0.3 is 17.8 Å². The van der Waals surface area contributed by atoms with E-state index >= 15 is 0 Å². The lowest BCUT2D eigenvalue weighted by Gasteiger charge is -1.99. The van der Waals surface area contributed by atoms with E-state index < -0.39 is 27.9 Å². The lowest BCUT2D eigenvalue weighted by molar-refractivity contribution is -0.147. The van der Waals surface area contributed by atoms with Crippen LogP contribution in [0.2, 0.25) is 0 Å². The Labute approximate surface area is 117 Å². The fourth-order valence-electron chi connectivity index (χ4n) is 1.14. The van der Waals surface area contributed by atoms with Gasteiger partial charge in [-0.25, -0.2) is 22.7 Å². The Kier molecular flexibility index (Phi) is 4.81. The van der Waals surface area contributed by atoms with E-state index in [2.05, 4.69) is 4.72 Å². The molecule has 0 fully saturated rings. The molecule has 110 valence electrons. The number of sulfonamides is 1. The molecular formula is C9H10N2O7S2. The summed E-state index contributed by atoms with van der Waals surface area (Å²) < 4.78 is 24.0. The number of anilines is 1. The van der Waals surface area contributed by atoms with Crippen LogP contribution in [0.15, 0.2) is 6.07 Å². The molecule has 0 aliphatic heterocycles. The molecule has 1 aromatic heterocycles. The summed E-state index contributed by atoms with van der Waals surface area (Å²) in [5.41, 5.74) is -0.310. The van der Waals surface area contributed by atoms with Gasteiger partial charge in [-0.2, -0.15) is 0 Å². The zero-order valence-electron chi connectivity index (χ0n) is 10.0. The van der Waals surface area contributed by atoms with Crippen molar-refractivity contribution in [2.45, 2.75) is 6.54 Å². The van der Waals surface area contributed by atoms with Crippen LogP contribution >= 0.6 is 11.3 Å². The Hall–Kier alpha value is -1.98. The Morgan fingerprint density at radius 2 is 1.90 bits per heavy atom. The summed E-state index contributed by atoms with van der Waals surface area (Å²) in [7, 11) is -3.45. The van der Waals surface area contributed by atoms with E-state index in [1.807, 2.05) is 5.32 Å². The van der Waals surface area contributed by atoms with Crippen LogP contribution in [0.1, 0.15) is 15.2 Å². The van der Waals surface area contributed by atoms with Gasteiger partial charge in [0.05, 0.1) is 11.8 Å². The van der Waals surface area contributed by atoms with E-state index in [0.29, 0.717) is 4.88 Å². The summed E-state index contributed by atoms with van der Waals surface area (Å²) in [5.74, 6) is -4.50. The number of amides is 1. The predicted molar refractivity (Wildman–Crippen MR) is 69.2 cm³/mol. The van der Waals surface area contributed by atoms with Crippen molar-refractivity contribution in [2.75, 3.05) is 11.6 Å². The number of carboxylic acids is 2. The molecule has 0 bridgehead atoms. The number of carbonyl (C=O) groups is 3. The molecule has 0 saturated heterocycles. The average molecular weight is 322 g/mol. The van der Waals surface area contributed by atoms with Gasteiger partial charge in [0.15, 0.2) is 0 Å². The molecule has 0 saturated carbocycles. The van der Waals surface area contributed by atoms with Gasteiger partial charge in [0.25, 0.3) is 0 Å². The van der Waals surface area contributed by atoms with Crippen molar-refractivity contribution < 1.29 is 33.0 Å². The van der Waals surface area contributed by atoms with Crippen LogP contribution in [-0.2, 0) is 26.2 Å². The summed E-state index contributed by atoms with van der Waals surface area (Å²) in [5, 5.41) is 19.1. The van der Waals surface area contributed by atoms with Crippen molar-refractivity contribution in [3.63, 3.8) is 0 Å². The molecule has 0 radical (unpaired) electrons. The molecule has 0 aromatic carbocycles. The first kappa shape index (κ1) is 16.1. The van der Waals surface area contributed by atoms with Crippen molar-refractivity contribution in [1.82, 2.24) is 4.72 Å². The second-order valence-corrected chi connectivity index (χ2v) is 6.58. The first-order valence-electron chi connectivity index (χ1n) is 4.95. The third-order valence-electron chi connectivity index (χ3n) is 1.94. The van der Waals surface area contributed by atoms with Gasteiger partial charge in [0, 0.05) is 11.4 Å².